The van der Waals surface area contributed by atoms with E-state index in [0.717, 1.165) is 0 Å². The third-order valence-corrected chi connectivity index (χ3v) is 4.62. The third kappa shape index (κ3) is 4.99. The second-order valence-corrected chi connectivity index (χ2v) is 6.49. The number of piperazine rings is 1. The molecule has 1 heterocycles. The second kappa shape index (κ2) is 8.91. The maximum Gasteiger partial charge on any atom is 0.308 e. The van der Waals surface area contributed by atoms with Gasteiger partial charge in [-0.3, -0.25) is 19.7 Å². The zero-order valence-electron chi connectivity index (χ0n) is 13.6. The number of esters is 1. The zero-order valence-corrected chi connectivity index (χ0v) is 16.0. The third-order valence-electron chi connectivity index (χ3n) is 3.60. The van der Waals surface area contributed by atoms with Crippen LogP contribution in [0.2, 0.25) is 0 Å². The van der Waals surface area contributed by atoms with Crippen LogP contribution in [-0.2, 0) is 14.3 Å². The minimum absolute atomic E-state index is 0.102. The van der Waals surface area contributed by atoms with Crippen molar-refractivity contribution in [2.45, 2.75) is 19.4 Å². The lowest BCUT2D eigenvalue weighted by Crippen LogP contribution is -2.60. The Morgan fingerprint density at radius 2 is 2.16 bits per heavy atom. The highest BCUT2D eigenvalue weighted by atomic mass is 79.9. The SMILES string of the molecule is CCOC(=O)CC1C(=O)NCCN1C(=S)NC(=O)c1ccccc1Br. The average molecular weight is 428 g/mol. The van der Waals surface area contributed by atoms with E-state index in [1.807, 2.05) is 0 Å². The summed E-state index contributed by atoms with van der Waals surface area (Å²) < 4.78 is 5.54. The summed E-state index contributed by atoms with van der Waals surface area (Å²) in [6.07, 6.45) is -0.134. The predicted molar refractivity (Wildman–Crippen MR) is 99.0 cm³/mol. The van der Waals surface area contributed by atoms with Crippen molar-refractivity contribution >= 4 is 51.0 Å². The van der Waals surface area contributed by atoms with Crippen molar-refractivity contribution in [3.63, 3.8) is 0 Å². The summed E-state index contributed by atoms with van der Waals surface area (Å²) in [6.45, 7) is 2.70. The summed E-state index contributed by atoms with van der Waals surface area (Å²) >= 11 is 8.60. The van der Waals surface area contributed by atoms with Crippen molar-refractivity contribution in [3.8, 4) is 0 Å². The van der Waals surface area contributed by atoms with Crippen LogP contribution < -0.4 is 10.6 Å². The molecular weight excluding hydrogens is 410 g/mol. The number of rotatable bonds is 4. The summed E-state index contributed by atoms with van der Waals surface area (Å²) in [4.78, 5) is 37.8. The van der Waals surface area contributed by atoms with Crippen LogP contribution in [0.15, 0.2) is 28.7 Å². The molecule has 134 valence electrons. The molecule has 2 N–H and O–H groups in total. The Bertz CT molecular complexity index is 698. The molecule has 9 heteroatoms. The first-order valence-corrected chi connectivity index (χ1v) is 8.94. The maximum atomic E-state index is 12.4. The first-order chi connectivity index (χ1) is 11.9. The van der Waals surface area contributed by atoms with Crippen LogP contribution in [0, 0.1) is 0 Å². The molecule has 2 rings (SSSR count). The van der Waals surface area contributed by atoms with E-state index in [4.69, 9.17) is 17.0 Å². The van der Waals surface area contributed by atoms with E-state index in [0.29, 0.717) is 23.1 Å². The number of benzene rings is 1. The molecule has 1 saturated heterocycles. The number of ether oxygens (including phenoxy) is 1. The zero-order chi connectivity index (χ0) is 18.4. The molecule has 2 amide bonds. The van der Waals surface area contributed by atoms with Crippen molar-refractivity contribution in [2.24, 2.45) is 0 Å². The number of hydrogen-bond donors (Lipinski definition) is 2. The normalized spacial score (nSPS) is 16.8. The van der Waals surface area contributed by atoms with Gasteiger partial charge in [0, 0.05) is 17.6 Å². The van der Waals surface area contributed by atoms with Crippen molar-refractivity contribution < 1.29 is 19.1 Å². The summed E-state index contributed by atoms with van der Waals surface area (Å²) in [7, 11) is 0. The Labute approximate surface area is 159 Å². The van der Waals surface area contributed by atoms with Crippen molar-refractivity contribution in [2.75, 3.05) is 19.7 Å². The molecular formula is C16H18BrN3O4S. The van der Waals surface area contributed by atoms with Crippen LogP contribution in [-0.4, -0.2) is 53.5 Å². The molecule has 0 bridgehead atoms. The monoisotopic (exact) mass is 427 g/mol. The Balaban J connectivity index is 2.09. The van der Waals surface area contributed by atoms with Gasteiger partial charge >= 0.3 is 5.97 Å². The van der Waals surface area contributed by atoms with Gasteiger partial charge in [-0.25, -0.2) is 0 Å². The highest BCUT2D eigenvalue weighted by Crippen LogP contribution is 2.16. The number of halogens is 1. The van der Waals surface area contributed by atoms with Crippen molar-refractivity contribution in [1.82, 2.24) is 15.5 Å². The van der Waals surface area contributed by atoms with Gasteiger partial charge in [0.25, 0.3) is 5.91 Å². The minimum atomic E-state index is -0.806. The van der Waals surface area contributed by atoms with Crippen molar-refractivity contribution in [1.29, 1.82) is 0 Å². The van der Waals surface area contributed by atoms with E-state index in [2.05, 4.69) is 26.6 Å². The second-order valence-electron chi connectivity index (χ2n) is 5.25. The van der Waals surface area contributed by atoms with Crippen LogP contribution in [0.1, 0.15) is 23.7 Å². The topological polar surface area (TPSA) is 87.7 Å². The molecule has 1 aliphatic heterocycles. The molecule has 7 nitrogen and oxygen atoms in total. The molecule has 1 unspecified atom stereocenters. The number of nitrogens with one attached hydrogen (secondary N) is 2. The van der Waals surface area contributed by atoms with Crippen LogP contribution in [0.3, 0.4) is 0 Å². The molecule has 1 aromatic carbocycles. The molecule has 1 aromatic rings. The molecule has 1 aliphatic rings. The summed E-state index contributed by atoms with van der Waals surface area (Å²) in [5.41, 5.74) is 0.424. The standard InChI is InChI=1S/C16H18BrN3O4S/c1-2-24-13(21)9-12-15(23)18-7-8-20(12)16(25)19-14(22)10-5-3-4-6-11(10)17/h3-6,12H,2,7-9H2,1H3,(H,18,23)(H,19,22,25). The Hall–Kier alpha value is -2.00. The fourth-order valence-corrected chi connectivity index (χ4v) is 3.20. The van der Waals surface area contributed by atoms with Gasteiger partial charge < -0.3 is 15.0 Å². The van der Waals surface area contributed by atoms with E-state index in [1.54, 1.807) is 36.1 Å². The Morgan fingerprint density at radius 1 is 1.44 bits per heavy atom. The minimum Gasteiger partial charge on any atom is -0.466 e. The number of hydrogen-bond acceptors (Lipinski definition) is 5. The Kier molecular flexibility index (Phi) is 6.89. The quantitative estimate of drug-likeness (QED) is 0.554. The van der Waals surface area contributed by atoms with Crippen LogP contribution in [0.4, 0.5) is 0 Å². The molecule has 0 saturated carbocycles. The van der Waals surface area contributed by atoms with E-state index < -0.39 is 17.9 Å². The first kappa shape index (κ1) is 19.3. The number of amides is 2. The molecule has 25 heavy (non-hydrogen) atoms. The highest BCUT2D eigenvalue weighted by Gasteiger charge is 2.34. The van der Waals surface area contributed by atoms with Gasteiger partial charge in [-0.1, -0.05) is 12.1 Å². The van der Waals surface area contributed by atoms with Crippen LogP contribution in [0.25, 0.3) is 0 Å². The first-order valence-electron chi connectivity index (χ1n) is 7.73. The van der Waals surface area contributed by atoms with E-state index in [1.165, 1.54) is 0 Å². The number of carbonyl (C=O) groups is 3. The molecule has 1 atom stereocenters. The molecule has 0 aliphatic carbocycles. The smallest absolute Gasteiger partial charge is 0.308 e. The Morgan fingerprint density at radius 3 is 2.84 bits per heavy atom. The fraction of sp³-hybridized carbons (Fsp3) is 0.375. The van der Waals surface area contributed by atoms with Gasteiger partial charge in [0.2, 0.25) is 5.91 Å². The van der Waals surface area contributed by atoms with Gasteiger partial charge in [-0.05, 0) is 47.2 Å². The highest BCUT2D eigenvalue weighted by molar-refractivity contribution is 9.10. The van der Waals surface area contributed by atoms with E-state index >= 15 is 0 Å². The number of carbonyl (C=O) groups excluding carboxylic acids is 3. The number of nitrogens with zero attached hydrogens (tertiary/aromatic N) is 1. The van der Waals surface area contributed by atoms with Crippen molar-refractivity contribution in [3.05, 3.63) is 34.3 Å². The predicted octanol–water partition coefficient (Wildman–Crippen LogP) is 1.22. The van der Waals surface area contributed by atoms with Gasteiger partial charge in [0.05, 0.1) is 18.6 Å². The molecule has 0 radical (unpaired) electrons. The molecule has 0 aromatic heterocycles. The lowest BCUT2D eigenvalue weighted by molar-refractivity contribution is -0.147. The summed E-state index contributed by atoms with van der Waals surface area (Å²) in [5, 5.41) is 5.41. The largest absolute Gasteiger partial charge is 0.466 e. The summed E-state index contributed by atoms with van der Waals surface area (Å²) in [6, 6.07) is 6.13. The summed E-state index contributed by atoms with van der Waals surface area (Å²) in [5.74, 6) is -1.20. The van der Waals surface area contributed by atoms with E-state index in [-0.39, 0.29) is 24.0 Å². The average Bonchev–Trinajstić information content (AvgIpc) is 2.57. The van der Waals surface area contributed by atoms with Gasteiger partial charge in [-0.2, -0.15) is 0 Å². The number of thiocarbonyl (C=S) groups is 1. The molecule has 0 spiro atoms. The van der Waals surface area contributed by atoms with Crippen LogP contribution in [0.5, 0.6) is 0 Å². The maximum absolute atomic E-state index is 12.4. The van der Waals surface area contributed by atoms with Gasteiger partial charge in [0.1, 0.15) is 6.04 Å². The van der Waals surface area contributed by atoms with Gasteiger partial charge in [-0.15, -0.1) is 0 Å². The van der Waals surface area contributed by atoms with Crippen LogP contribution >= 0.6 is 28.1 Å². The fourth-order valence-electron chi connectivity index (χ4n) is 2.42. The molecule has 1 fully saturated rings. The lowest BCUT2D eigenvalue weighted by Gasteiger charge is -2.36. The lowest BCUT2D eigenvalue weighted by atomic mass is 10.1. The van der Waals surface area contributed by atoms with E-state index in [9.17, 15) is 14.4 Å². The van der Waals surface area contributed by atoms with Gasteiger partial charge in [0.15, 0.2) is 5.11 Å².